The maximum absolute atomic E-state index is 12.5. The smallest absolute Gasteiger partial charge is 0.871 e. The Kier molecular flexibility index (Phi) is 3.98. The predicted molar refractivity (Wildman–Crippen MR) is 82.2 cm³/mol. The summed E-state index contributed by atoms with van der Waals surface area (Å²) in [5.41, 5.74) is 1.47. The van der Waals surface area contributed by atoms with Gasteiger partial charge < -0.3 is 10.1 Å². The second-order valence-corrected chi connectivity index (χ2v) is 5.17. The number of H-pyrrole nitrogens is 1. The molecule has 0 saturated heterocycles. The summed E-state index contributed by atoms with van der Waals surface area (Å²) in [7, 11) is 0. The fourth-order valence-electron chi connectivity index (χ4n) is 2.83. The molecule has 0 amide bonds. The molecule has 0 unspecified atom stereocenters. The molecule has 1 heterocycles. The molecule has 106 valence electrons. The average molecular weight is 311 g/mol. The van der Waals surface area contributed by atoms with E-state index in [0.29, 0.717) is 22.0 Å². The summed E-state index contributed by atoms with van der Waals surface area (Å²) >= 11 is 0. The Hall–Kier alpha value is -2.14. The number of fused-ring (bicyclic) bond motifs is 2. The van der Waals surface area contributed by atoms with Crippen molar-refractivity contribution in [3.8, 4) is 0 Å². The van der Waals surface area contributed by atoms with E-state index in [2.05, 4.69) is 4.98 Å². The zero-order valence-corrected chi connectivity index (χ0v) is 14.4. The standard InChI is InChI=1S/C18H11NO3.Na/c20-15-9-14(19-13-8-4-3-7-12(13)15)16-17(21)10-5-1-2-6-11(10)18(16)22;/h1-9,21H,(H,19,20);/q;+1/p-1. The molecule has 0 radical (unpaired) electrons. The number of hydrogen-bond acceptors (Lipinski definition) is 3. The van der Waals surface area contributed by atoms with Gasteiger partial charge in [-0.3, -0.25) is 9.59 Å². The van der Waals surface area contributed by atoms with Crippen LogP contribution in [0.5, 0.6) is 0 Å². The van der Waals surface area contributed by atoms with Crippen LogP contribution in [0.15, 0.2) is 59.4 Å². The Morgan fingerprint density at radius 1 is 0.870 bits per heavy atom. The van der Waals surface area contributed by atoms with Gasteiger partial charge in [-0.25, -0.2) is 0 Å². The average Bonchev–Trinajstić information content (AvgIpc) is 2.79. The molecule has 0 bridgehead atoms. The largest absolute Gasteiger partial charge is 1.00 e. The minimum absolute atomic E-state index is 0. The van der Waals surface area contributed by atoms with Crippen molar-refractivity contribution in [1.29, 1.82) is 0 Å². The van der Waals surface area contributed by atoms with E-state index in [1.54, 1.807) is 48.5 Å². The molecule has 5 heteroatoms. The molecule has 2 aromatic carbocycles. The summed E-state index contributed by atoms with van der Waals surface area (Å²) in [4.78, 5) is 27.7. The summed E-state index contributed by atoms with van der Waals surface area (Å²) in [5.74, 6) is -0.682. The third-order valence-corrected chi connectivity index (χ3v) is 3.88. The Morgan fingerprint density at radius 2 is 1.52 bits per heavy atom. The second kappa shape index (κ2) is 5.81. The maximum Gasteiger partial charge on any atom is 1.00 e. The number of para-hydroxylation sites is 1. The van der Waals surface area contributed by atoms with Gasteiger partial charge >= 0.3 is 29.6 Å². The van der Waals surface area contributed by atoms with Crippen LogP contribution in [0.4, 0.5) is 0 Å². The number of aromatic amines is 1. The first kappa shape index (κ1) is 15.7. The molecule has 0 spiro atoms. The van der Waals surface area contributed by atoms with Crippen LogP contribution < -0.4 is 40.1 Å². The van der Waals surface area contributed by atoms with Crippen molar-refractivity contribution in [1.82, 2.24) is 4.98 Å². The molecule has 3 aromatic rings. The normalized spacial score (nSPS) is 13.1. The SMILES string of the molecule is O=C1C(c2cc(=O)c3ccccc3[nH]2)=C([O-])c2ccccc21.[Na+]. The Labute approximate surface area is 153 Å². The molecular weight excluding hydrogens is 301 g/mol. The van der Waals surface area contributed by atoms with Crippen molar-refractivity contribution in [2.75, 3.05) is 0 Å². The number of carbonyl (C=O) groups excluding carboxylic acids is 1. The number of aromatic nitrogens is 1. The van der Waals surface area contributed by atoms with Gasteiger partial charge in [-0.15, -0.1) is 0 Å². The van der Waals surface area contributed by atoms with Gasteiger partial charge in [0.2, 0.25) is 0 Å². The van der Waals surface area contributed by atoms with Gasteiger partial charge in [0.05, 0.1) is 5.69 Å². The first-order valence-electron chi connectivity index (χ1n) is 6.84. The number of carbonyl (C=O) groups is 1. The molecule has 23 heavy (non-hydrogen) atoms. The van der Waals surface area contributed by atoms with Crippen LogP contribution >= 0.6 is 0 Å². The quantitative estimate of drug-likeness (QED) is 0.583. The van der Waals surface area contributed by atoms with Crippen LogP contribution in [-0.4, -0.2) is 10.8 Å². The molecule has 4 rings (SSSR count). The molecule has 0 fully saturated rings. The molecule has 1 N–H and O–H groups in total. The first-order valence-corrected chi connectivity index (χ1v) is 6.84. The van der Waals surface area contributed by atoms with Crippen molar-refractivity contribution < 1.29 is 39.5 Å². The zero-order chi connectivity index (χ0) is 15.3. The molecule has 0 saturated carbocycles. The summed E-state index contributed by atoms with van der Waals surface area (Å²) in [6.07, 6.45) is 0. The maximum atomic E-state index is 12.5. The molecule has 0 atom stereocenters. The number of allylic oxidation sites excluding steroid dienone is 1. The molecule has 1 aliphatic rings. The number of ketones is 1. The fraction of sp³-hybridized carbons (Fsp3) is 0. The third kappa shape index (κ3) is 2.36. The van der Waals surface area contributed by atoms with E-state index in [9.17, 15) is 14.7 Å². The molecule has 4 nitrogen and oxygen atoms in total. The summed E-state index contributed by atoms with van der Waals surface area (Å²) in [6, 6.07) is 15.0. The van der Waals surface area contributed by atoms with E-state index in [4.69, 9.17) is 0 Å². The fourth-order valence-corrected chi connectivity index (χ4v) is 2.83. The van der Waals surface area contributed by atoms with E-state index in [0.717, 1.165) is 0 Å². The van der Waals surface area contributed by atoms with E-state index in [-0.39, 0.29) is 57.8 Å². The molecule has 0 aliphatic heterocycles. The number of nitrogens with one attached hydrogen (secondary N) is 1. The van der Waals surface area contributed by atoms with Crippen LogP contribution in [0.25, 0.3) is 22.2 Å². The van der Waals surface area contributed by atoms with E-state index < -0.39 is 0 Å². The van der Waals surface area contributed by atoms with Crippen LogP contribution in [-0.2, 0) is 0 Å². The second-order valence-electron chi connectivity index (χ2n) is 5.17. The van der Waals surface area contributed by atoms with E-state index in [1.165, 1.54) is 6.07 Å². The van der Waals surface area contributed by atoms with Gasteiger partial charge in [-0.05, 0) is 17.7 Å². The van der Waals surface area contributed by atoms with Crippen molar-refractivity contribution in [3.05, 3.63) is 81.6 Å². The van der Waals surface area contributed by atoms with Gasteiger partial charge in [0.25, 0.3) is 0 Å². The monoisotopic (exact) mass is 311 g/mol. The van der Waals surface area contributed by atoms with Gasteiger partial charge in [-0.2, -0.15) is 0 Å². The summed E-state index contributed by atoms with van der Waals surface area (Å²) < 4.78 is 0. The summed E-state index contributed by atoms with van der Waals surface area (Å²) in [5, 5.41) is 13.0. The van der Waals surface area contributed by atoms with Gasteiger partial charge in [0.15, 0.2) is 11.2 Å². The molecule has 1 aromatic heterocycles. The Balaban J connectivity index is 0.00000156. The zero-order valence-electron chi connectivity index (χ0n) is 12.4. The Morgan fingerprint density at radius 3 is 2.26 bits per heavy atom. The topological polar surface area (TPSA) is 73.0 Å². The van der Waals surface area contributed by atoms with E-state index >= 15 is 0 Å². The number of hydrogen-bond donors (Lipinski definition) is 1. The number of Topliss-reactive ketones (excluding diaryl/α,β-unsaturated/α-hetero) is 1. The van der Waals surface area contributed by atoms with Crippen molar-refractivity contribution in [2.24, 2.45) is 0 Å². The van der Waals surface area contributed by atoms with E-state index in [1.807, 2.05) is 0 Å². The minimum atomic E-state index is -0.341. The first-order chi connectivity index (χ1) is 10.7. The number of benzene rings is 2. The van der Waals surface area contributed by atoms with Crippen molar-refractivity contribution >= 4 is 28.0 Å². The van der Waals surface area contributed by atoms with Crippen LogP contribution in [0.2, 0.25) is 0 Å². The van der Waals surface area contributed by atoms with Crippen molar-refractivity contribution in [2.45, 2.75) is 0 Å². The minimum Gasteiger partial charge on any atom is -0.871 e. The van der Waals surface area contributed by atoms with Crippen molar-refractivity contribution in [3.63, 3.8) is 0 Å². The van der Waals surface area contributed by atoms with Gasteiger partial charge in [0, 0.05) is 28.1 Å². The number of rotatable bonds is 1. The number of pyridine rings is 1. The van der Waals surface area contributed by atoms with Crippen LogP contribution in [0.1, 0.15) is 21.6 Å². The predicted octanol–water partition coefficient (Wildman–Crippen LogP) is -1.04. The molecule has 1 aliphatic carbocycles. The third-order valence-electron chi connectivity index (χ3n) is 3.88. The van der Waals surface area contributed by atoms with Gasteiger partial charge in [0.1, 0.15) is 0 Å². The van der Waals surface area contributed by atoms with Gasteiger partial charge in [-0.1, -0.05) is 42.2 Å². The summed E-state index contributed by atoms with van der Waals surface area (Å²) in [6.45, 7) is 0. The Bertz CT molecular complexity index is 1030. The molecular formula is C18H10NNaO3. The van der Waals surface area contributed by atoms with Crippen LogP contribution in [0, 0.1) is 0 Å². The van der Waals surface area contributed by atoms with Crippen LogP contribution in [0.3, 0.4) is 0 Å².